The van der Waals surface area contributed by atoms with E-state index in [0.29, 0.717) is 22.3 Å². The van der Waals surface area contributed by atoms with Gasteiger partial charge in [-0.25, -0.2) is 9.97 Å². The number of pyridine rings is 1. The summed E-state index contributed by atoms with van der Waals surface area (Å²) >= 11 is 0. The van der Waals surface area contributed by atoms with Gasteiger partial charge in [0.1, 0.15) is 5.56 Å². The van der Waals surface area contributed by atoms with E-state index in [9.17, 15) is 9.59 Å². The Labute approximate surface area is 212 Å². The maximum absolute atomic E-state index is 14.0. The largest absolute Gasteiger partial charge is 0.382 e. The zero-order valence-electron chi connectivity index (χ0n) is 20.3. The minimum absolute atomic E-state index is 0.0273. The van der Waals surface area contributed by atoms with Crippen molar-refractivity contribution in [1.82, 2.24) is 25.0 Å². The van der Waals surface area contributed by atoms with E-state index in [4.69, 9.17) is 5.73 Å². The molecule has 1 atom stereocenters. The Bertz CT molecular complexity index is 1740. The summed E-state index contributed by atoms with van der Waals surface area (Å²) < 4.78 is 3.40. The van der Waals surface area contributed by atoms with Crippen molar-refractivity contribution < 1.29 is 9.48 Å². The lowest BCUT2D eigenvalue weighted by Crippen LogP contribution is -2.33. The van der Waals surface area contributed by atoms with Gasteiger partial charge in [0, 0.05) is 29.3 Å². The molecular formula is C28H24N7O2+. The van der Waals surface area contributed by atoms with Crippen molar-refractivity contribution in [2.24, 2.45) is 7.05 Å². The number of nitrogens with one attached hydrogen (secondary N) is 2. The van der Waals surface area contributed by atoms with Crippen molar-refractivity contribution in [1.29, 1.82) is 0 Å². The quantitative estimate of drug-likeness (QED) is 0.264. The molecule has 9 nitrogen and oxygen atoms in total. The summed E-state index contributed by atoms with van der Waals surface area (Å²) in [7, 11) is 1.88. The maximum atomic E-state index is 14.0. The molecule has 0 bridgehead atoms. The van der Waals surface area contributed by atoms with Crippen LogP contribution in [0.5, 0.6) is 0 Å². The Morgan fingerprint density at radius 2 is 1.89 bits per heavy atom. The molecule has 0 radical (unpaired) electrons. The highest BCUT2D eigenvalue weighted by atomic mass is 16.2. The fraction of sp³-hybridized carbons (Fsp3) is 0.107. The Morgan fingerprint density at radius 1 is 1.11 bits per heavy atom. The maximum Gasteiger partial charge on any atom is 0.274 e. The first-order valence-electron chi connectivity index (χ1n) is 11.6. The van der Waals surface area contributed by atoms with Gasteiger partial charge < -0.3 is 11.1 Å². The minimum atomic E-state index is -0.555. The molecule has 0 fully saturated rings. The Hall–Kier alpha value is -5.23. The van der Waals surface area contributed by atoms with Crippen molar-refractivity contribution in [3.8, 4) is 17.5 Å². The third-order valence-electron chi connectivity index (χ3n) is 5.92. The standard InChI is InChI=1S/C28H23N7O2/c1-18(33-27(36)25-26(29)31-14-13-30-25)23-15-21-8-6-7-20(12-11-19-16-32-34(2)17-19)24(21)28(37)35(23)22-9-4-3-5-10-22/h3-10,13-18H,1-2H3,(H3,29,31,33,36)/p+1/t18-/m0/s1. The van der Waals surface area contributed by atoms with Crippen molar-refractivity contribution in [2.45, 2.75) is 13.0 Å². The second-order valence-corrected chi connectivity index (χ2v) is 8.52. The smallest absolute Gasteiger partial charge is 0.274 e. The summed E-state index contributed by atoms with van der Waals surface area (Å²) in [6, 6.07) is 16.2. The Morgan fingerprint density at radius 3 is 2.62 bits per heavy atom. The molecule has 37 heavy (non-hydrogen) atoms. The van der Waals surface area contributed by atoms with E-state index in [0.717, 1.165) is 10.9 Å². The second-order valence-electron chi connectivity index (χ2n) is 8.52. The third kappa shape index (κ3) is 4.68. The fourth-order valence-electron chi connectivity index (χ4n) is 4.17. The van der Waals surface area contributed by atoms with Gasteiger partial charge in [0.15, 0.2) is 18.6 Å². The van der Waals surface area contributed by atoms with E-state index in [2.05, 4.69) is 32.2 Å². The highest BCUT2D eigenvalue weighted by molar-refractivity contribution is 5.96. The number of hydrogen-bond donors (Lipinski definition) is 3. The SMILES string of the molecule is C[C@H](NC(=O)c1nccnc1N)c1cc2cccc(C#Cc3c[nH][n+](C)c3)c2c(=O)n1-c1ccccc1. The van der Waals surface area contributed by atoms with E-state index >= 15 is 0 Å². The van der Waals surface area contributed by atoms with Crippen LogP contribution in [0, 0.1) is 11.8 Å². The van der Waals surface area contributed by atoms with E-state index in [1.165, 1.54) is 12.4 Å². The fourth-order valence-corrected chi connectivity index (χ4v) is 4.17. The number of nitrogen functional groups attached to an aromatic ring is 1. The van der Waals surface area contributed by atoms with Crippen LogP contribution in [-0.2, 0) is 7.05 Å². The number of aryl methyl sites for hydroxylation is 1. The summed E-state index contributed by atoms with van der Waals surface area (Å²) in [4.78, 5) is 34.9. The van der Waals surface area contributed by atoms with Crippen LogP contribution >= 0.6 is 0 Å². The molecule has 9 heteroatoms. The van der Waals surface area contributed by atoms with E-state index in [-0.39, 0.29) is 17.1 Å². The Balaban J connectivity index is 1.65. The molecule has 5 aromatic rings. The predicted molar refractivity (Wildman–Crippen MR) is 140 cm³/mol. The number of H-pyrrole nitrogens is 1. The van der Waals surface area contributed by atoms with Gasteiger partial charge >= 0.3 is 0 Å². The van der Waals surface area contributed by atoms with Crippen LogP contribution in [0.25, 0.3) is 16.5 Å². The second kappa shape index (κ2) is 9.79. The van der Waals surface area contributed by atoms with Gasteiger partial charge in [-0.3, -0.25) is 14.2 Å². The minimum Gasteiger partial charge on any atom is -0.382 e. The number of nitrogens with zero attached hydrogens (tertiary/aromatic N) is 4. The van der Waals surface area contributed by atoms with Crippen LogP contribution in [0.1, 0.15) is 40.3 Å². The molecule has 1 amide bonds. The van der Waals surface area contributed by atoms with E-state index < -0.39 is 11.9 Å². The summed E-state index contributed by atoms with van der Waals surface area (Å²) in [5.41, 5.74) is 8.32. The van der Waals surface area contributed by atoms with Crippen LogP contribution in [-0.4, -0.2) is 25.5 Å². The van der Waals surface area contributed by atoms with E-state index in [1.807, 2.05) is 67.8 Å². The van der Waals surface area contributed by atoms with Gasteiger partial charge in [-0.1, -0.05) is 42.2 Å². The molecule has 0 spiro atoms. The number of hydrogen-bond acceptors (Lipinski definition) is 5. The number of fused-ring (bicyclic) bond motifs is 1. The van der Waals surface area contributed by atoms with Crippen LogP contribution in [0.2, 0.25) is 0 Å². The number of para-hydroxylation sites is 1. The zero-order chi connectivity index (χ0) is 25.9. The summed E-state index contributed by atoms with van der Waals surface area (Å²) in [6.07, 6.45) is 6.49. The predicted octanol–water partition coefficient (Wildman–Crippen LogP) is 2.41. The molecule has 5 rings (SSSR count). The first-order chi connectivity index (χ1) is 17.9. The molecule has 0 saturated carbocycles. The summed E-state index contributed by atoms with van der Waals surface area (Å²) in [6.45, 7) is 1.81. The average molecular weight is 491 g/mol. The van der Waals surface area contributed by atoms with Crippen LogP contribution in [0.4, 0.5) is 5.82 Å². The Kier molecular flexibility index (Phi) is 6.22. The number of carbonyl (C=O) groups is 1. The lowest BCUT2D eigenvalue weighted by atomic mass is 10.0. The van der Waals surface area contributed by atoms with Gasteiger partial charge in [0.25, 0.3) is 11.5 Å². The van der Waals surface area contributed by atoms with Gasteiger partial charge in [-0.05, 0) is 36.6 Å². The molecule has 0 aliphatic rings. The van der Waals surface area contributed by atoms with Gasteiger partial charge in [0.2, 0.25) is 6.20 Å². The van der Waals surface area contributed by atoms with Gasteiger partial charge in [-0.15, -0.1) is 4.68 Å². The number of benzene rings is 2. The summed E-state index contributed by atoms with van der Waals surface area (Å²) in [5.74, 6) is 5.82. The van der Waals surface area contributed by atoms with E-state index in [1.54, 1.807) is 22.4 Å². The number of anilines is 1. The third-order valence-corrected chi connectivity index (χ3v) is 5.92. The monoisotopic (exact) mass is 490 g/mol. The molecule has 0 aliphatic carbocycles. The summed E-state index contributed by atoms with van der Waals surface area (Å²) in [5, 5.41) is 7.16. The number of aromatic nitrogens is 5. The van der Waals surface area contributed by atoms with Crippen LogP contribution in [0.15, 0.2) is 84.2 Å². The average Bonchev–Trinajstić information content (AvgIpc) is 3.32. The topological polar surface area (TPSA) is 123 Å². The first-order valence-corrected chi connectivity index (χ1v) is 11.6. The number of rotatable bonds is 4. The lowest BCUT2D eigenvalue weighted by Gasteiger charge is -2.21. The van der Waals surface area contributed by atoms with Crippen molar-refractivity contribution in [3.05, 3.63) is 112 Å². The molecule has 0 saturated heterocycles. The highest BCUT2D eigenvalue weighted by Gasteiger charge is 2.21. The van der Waals surface area contributed by atoms with Gasteiger partial charge in [0.05, 0.1) is 17.6 Å². The number of aromatic amines is 1. The molecular weight excluding hydrogens is 466 g/mol. The number of amides is 1. The van der Waals surface area contributed by atoms with Crippen LogP contribution in [0.3, 0.4) is 0 Å². The van der Waals surface area contributed by atoms with Crippen LogP contribution < -0.4 is 21.3 Å². The lowest BCUT2D eigenvalue weighted by molar-refractivity contribution is -0.726. The highest BCUT2D eigenvalue weighted by Crippen LogP contribution is 2.23. The number of nitrogens with two attached hydrogens (primary N) is 1. The molecule has 182 valence electrons. The van der Waals surface area contributed by atoms with Crippen molar-refractivity contribution >= 4 is 22.5 Å². The molecule has 3 heterocycles. The molecule has 4 N–H and O–H groups in total. The normalized spacial score (nSPS) is 11.5. The van der Waals surface area contributed by atoms with Crippen molar-refractivity contribution in [2.75, 3.05) is 5.73 Å². The van der Waals surface area contributed by atoms with Gasteiger partial charge in [-0.2, -0.15) is 5.10 Å². The number of carbonyl (C=O) groups excluding carboxylic acids is 1. The molecule has 2 aromatic carbocycles. The first kappa shape index (κ1) is 23.5. The van der Waals surface area contributed by atoms with Crippen molar-refractivity contribution in [3.63, 3.8) is 0 Å². The molecule has 3 aromatic heterocycles. The molecule has 0 unspecified atom stereocenters. The molecule has 0 aliphatic heterocycles. The zero-order valence-corrected chi connectivity index (χ0v) is 20.3.